The molecule has 0 atom stereocenters. The molecule has 0 aliphatic rings. The molecule has 0 saturated carbocycles. The molecule has 0 spiro atoms. The molecular formula is C4H18Al3N3O17. The van der Waals surface area contributed by atoms with Gasteiger partial charge in [0.2, 0.25) is 0 Å². The zero-order chi connectivity index (χ0) is 14.3. The molecule has 0 amide bonds. The van der Waals surface area contributed by atoms with E-state index in [1.54, 1.807) is 0 Å². The first-order valence-corrected chi connectivity index (χ1v) is 2.45. The summed E-state index contributed by atoms with van der Waals surface area (Å²) in [5, 5.41) is 66.7. The van der Waals surface area contributed by atoms with Crippen molar-refractivity contribution in [3.05, 3.63) is 0 Å². The van der Waals surface area contributed by atoms with Gasteiger partial charge in [0.05, 0.1) is 0 Å². The van der Waals surface area contributed by atoms with Crippen LogP contribution < -0.4 is 59.3 Å². The Balaban J connectivity index is -0.00000000482. The Morgan fingerprint density at radius 2 is 0.370 bits per heavy atom. The van der Waals surface area contributed by atoms with Crippen LogP contribution in [0.15, 0.2) is 0 Å². The molecule has 0 saturated heterocycles. The van der Waals surface area contributed by atoms with Crippen molar-refractivity contribution in [3.8, 4) is 0 Å². The molecule has 0 heterocycles. The number of hydrogen-bond donors (Lipinski definition) is 3. The van der Waals surface area contributed by atoms with E-state index in [4.69, 9.17) is 60.0 Å². The number of hydrogen-bond acceptors (Lipinski definition) is 16. The third-order valence-corrected chi connectivity index (χ3v) is 0. The summed E-state index contributed by atoms with van der Waals surface area (Å²) in [5.41, 5.74) is 0. The van der Waals surface area contributed by atoms with E-state index in [1.165, 1.54) is 0 Å². The fourth-order valence-corrected chi connectivity index (χ4v) is 0. The fraction of sp³-hybridized carbons (Fsp3) is 0. The Morgan fingerprint density at radius 3 is 0.370 bits per heavy atom. The molecule has 27 heavy (non-hydrogen) atoms. The molecule has 0 radical (unpaired) electrons. The number of rotatable bonds is 0. The van der Waals surface area contributed by atoms with Gasteiger partial charge in [-0.3, -0.25) is 0 Å². The average molecular weight is 461 g/mol. The second-order valence-corrected chi connectivity index (χ2v) is 1.00. The van der Waals surface area contributed by atoms with Crippen LogP contribution in [-0.4, -0.2) is 104 Å². The molecule has 0 aromatic heterocycles. The Kier molecular flexibility index (Phi) is 643. The molecule has 0 aliphatic carbocycles. The van der Waals surface area contributed by atoms with Crippen molar-refractivity contribution in [1.82, 2.24) is 18.5 Å². The third-order valence-electron chi connectivity index (χ3n) is 0. The molecular weight excluding hydrogens is 443 g/mol. The van der Waals surface area contributed by atoms with E-state index in [9.17, 15) is 0 Å². The maximum atomic E-state index is 8.33. The van der Waals surface area contributed by atoms with Crippen LogP contribution in [0.3, 0.4) is 0 Å². The van der Waals surface area contributed by atoms with Gasteiger partial charge in [-0.25, -0.2) is 0 Å². The summed E-state index contributed by atoms with van der Waals surface area (Å²) in [6.45, 7) is 0. The summed E-state index contributed by atoms with van der Waals surface area (Å²) in [6.07, 6.45) is -9.33. The van der Waals surface area contributed by atoms with Gasteiger partial charge < -0.3 is 106 Å². The monoisotopic (exact) mass is 461 g/mol. The molecule has 0 rings (SSSR count). The Bertz CT molecular complexity index is 181. The van der Waals surface area contributed by atoms with E-state index < -0.39 is 24.6 Å². The van der Waals surface area contributed by atoms with Crippen LogP contribution in [0.1, 0.15) is 0 Å². The summed E-state index contributed by atoms with van der Waals surface area (Å²) in [7, 11) is 0. The van der Waals surface area contributed by atoms with E-state index in [0.717, 1.165) is 0 Å². The predicted octanol–water partition coefficient (Wildman–Crippen LogP) is -13.9. The maximum Gasteiger partial charge on any atom is 3.00 e. The van der Waals surface area contributed by atoms with Crippen LogP contribution in [0, 0.1) is 0 Å². The van der Waals surface area contributed by atoms with Crippen molar-refractivity contribution in [2.24, 2.45) is 0 Å². The average Bonchev–Trinajstić information content (AvgIpc) is 1.76. The molecule has 20 nitrogen and oxygen atoms in total. The maximum absolute atomic E-state index is 8.33. The summed E-state index contributed by atoms with van der Waals surface area (Å²) in [6, 6.07) is 0. The van der Waals surface area contributed by atoms with E-state index in [0.29, 0.717) is 0 Å². The van der Waals surface area contributed by atoms with Gasteiger partial charge in [0.1, 0.15) is 0 Å². The molecule has 0 unspecified atom stereocenters. The first-order chi connectivity index (χ1) is 6.93. The van der Waals surface area contributed by atoms with Gasteiger partial charge in [0, 0.05) is 0 Å². The predicted molar refractivity (Wildman–Crippen MR) is 70.3 cm³/mol. The van der Waals surface area contributed by atoms with Crippen molar-refractivity contribution >= 4 is 76.7 Å². The summed E-state index contributed by atoms with van der Waals surface area (Å²) in [5.74, 6) is 0. The molecule has 18 N–H and O–H groups in total. The number of carboxylic acid groups (broad SMARTS) is 8. The number of carbonyl (C=O) groups excluding carboxylic acids is 4. The zero-order valence-corrected chi connectivity index (χ0v) is 16.7. The van der Waals surface area contributed by atoms with Crippen LogP contribution in [0.2, 0.25) is 0 Å². The van der Waals surface area contributed by atoms with Gasteiger partial charge in [-0.05, 0) is 24.6 Å². The molecule has 0 aromatic rings. The van der Waals surface area contributed by atoms with Crippen LogP contribution in [0.5, 0.6) is 0 Å². The molecule has 0 aliphatic heterocycles. The molecule has 160 valence electrons. The Hall–Kier alpha value is -1.64. The second-order valence-electron chi connectivity index (χ2n) is 1.00. The standard InChI is InChI=1S/4CH2O3.3Al.3H3N.5H2O/c4*2-1(3)4;;;;;;;;;;;/h4*(H2,2,3,4);;;;3*1H3;5*1H2/q;;;;3*+3;;;;;;;;/p-9. The van der Waals surface area contributed by atoms with Gasteiger partial charge in [-0.1, -0.05) is 0 Å². The van der Waals surface area contributed by atoms with Crippen molar-refractivity contribution in [1.29, 1.82) is 0 Å². The quantitative estimate of drug-likeness (QED) is 0.282. The molecule has 0 bridgehead atoms. The summed E-state index contributed by atoms with van der Waals surface area (Å²) in [4.78, 5) is 33.3. The Labute approximate surface area is 182 Å². The number of carbonyl (C=O) groups is 4. The van der Waals surface area contributed by atoms with Crippen molar-refractivity contribution in [2.75, 3.05) is 0 Å². The normalized spacial score (nSPS) is 3.56. The second kappa shape index (κ2) is 124. The minimum absolute atomic E-state index is 0. The SMILES string of the molecule is N.N.N.O.O.O.O.O=C([O-])[O-].O=C([O-])[O-].O=C([O-])[O-].O=C([O-])[O-].[Al+3].[Al+3].[Al+3].[OH-]. The summed E-state index contributed by atoms with van der Waals surface area (Å²) >= 11 is 0. The van der Waals surface area contributed by atoms with Crippen LogP contribution in [-0.2, 0) is 0 Å². The molecule has 0 aromatic carbocycles. The summed E-state index contributed by atoms with van der Waals surface area (Å²) < 4.78 is 0. The van der Waals surface area contributed by atoms with Crippen LogP contribution in [0.25, 0.3) is 0 Å². The van der Waals surface area contributed by atoms with E-state index in [-0.39, 0.29) is 97.9 Å². The topological polar surface area (TPSA) is 514 Å². The largest absolute Gasteiger partial charge is 3.00 e. The zero-order valence-electron chi connectivity index (χ0n) is 13.2. The first-order valence-electron chi connectivity index (χ1n) is 2.45. The van der Waals surface area contributed by atoms with E-state index >= 15 is 0 Å². The van der Waals surface area contributed by atoms with Crippen molar-refractivity contribution < 1.29 is 87.4 Å². The molecule has 23 heteroatoms. The van der Waals surface area contributed by atoms with Crippen molar-refractivity contribution in [3.63, 3.8) is 0 Å². The van der Waals surface area contributed by atoms with Gasteiger partial charge in [0.15, 0.2) is 0 Å². The minimum atomic E-state index is -2.33. The van der Waals surface area contributed by atoms with Gasteiger partial charge in [0.25, 0.3) is 0 Å². The smallest absolute Gasteiger partial charge is 0.870 e. The first kappa shape index (κ1) is 140. The van der Waals surface area contributed by atoms with Gasteiger partial charge in [-0.15, -0.1) is 0 Å². The fourth-order valence-electron chi connectivity index (χ4n) is 0. The van der Waals surface area contributed by atoms with Crippen LogP contribution in [0.4, 0.5) is 19.2 Å². The van der Waals surface area contributed by atoms with Gasteiger partial charge >= 0.3 is 52.1 Å². The van der Waals surface area contributed by atoms with E-state index in [1.807, 2.05) is 0 Å². The van der Waals surface area contributed by atoms with Crippen LogP contribution >= 0.6 is 0 Å². The van der Waals surface area contributed by atoms with Crippen molar-refractivity contribution in [2.45, 2.75) is 0 Å². The van der Waals surface area contributed by atoms with E-state index in [2.05, 4.69) is 0 Å². The molecule has 0 fully saturated rings. The Morgan fingerprint density at radius 1 is 0.370 bits per heavy atom. The minimum Gasteiger partial charge on any atom is -0.870 e. The van der Waals surface area contributed by atoms with Gasteiger partial charge in [-0.2, -0.15) is 0 Å². The third kappa shape index (κ3) is 4510.